The van der Waals surface area contributed by atoms with Crippen LogP contribution in [-0.4, -0.2) is 62.3 Å². The van der Waals surface area contributed by atoms with E-state index in [1.54, 1.807) is 0 Å². The predicted octanol–water partition coefficient (Wildman–Crippen LogP) is -0.139. The van der Waals surface area contributed by atoms with Crippen LogP contribution < -0.4 is 0 Å². The van der Waals surface area contributed by atoms with E-state index >= 15 is 0 Å². The van der Waals surface area contributed by atoms with Gasteiger partial charge in [0.1, 0.15) is 0 Å². The minimum absolute atomic E-state index is 0.188. The maximum absolute atomic E-state index is 9.40. The van der Waals surface area contributed by atoms with E-state index in [2.05, 4.69) is 4.90 Å². The lowest BCUT2D eigenvalue weighted by Gasteiger charge is -2.17. The molecule has 0 aliphatic carbocycles. The lowest BCUT2D eigenvalue weighted by Crippen LogP contribution is -2.28. The fourth-order valence-corrected chi connectivity index (χ4v) is 0.920. The SMILES string of the molecule is CN(C)CCC(O)CN(C)C. The minimum atomic E-state index is -0.188. The predicted molar refractivity (Wildman–Crippen MR) is 47.7 cm³/mol. The van der Waals surface area contributed by atoms with E-state index in [1.807, 2.05) is 33.1 Å². The van der Waals surface area contributed by atoms with Crippen molar-refractivity contribution in [3.05, 3.63) is 0 Å². The Morgan fingerprint density at radius 1 is 1.09 bits per heavy atom. The highest BCUT2D eigenvalue weighted by Crippen LogP contribution is 1.93. The molecule has 0 saturated heterocycles. The Bertz CT molecular complexity index is 94.1. The van der Waals surface area contributed by atoms with Crippen molar-refractivity contribution >= 4 is 0 Å². The lowest BCUT2D eigenvalue weighted by atomic mass is 10.2. The zero-order valence-corrected chi connectivity index (χ0v) is 8.04. The molecular formula is C8H20N2O. The smallest absolute Gasteiger partial charge is 0.0679 e. The van der Waals surface area contributed by atoms with Crippen LogP contribution in [0.2, 0.25) is 0 Å². The molecule has 0 heterocycles. The van der Waals surface area contributed by atoms with Crippen LogP contribution in [0, 0.1) is 0 Å². The van der Waals surface area contributed by atoms with Gasteiger partial charge in [0.05, 0.1) is 6.10 Å². The highest BCUT2D eigenvalue weighted by molar-refractivity contribution is 4.60. The molecule has 0 saturated carbocycles. The molecule has 0 aromatic rings. The van der Waals surface area contributed by atoms with Crippen LogP contribution in [0.1, 0.15) is 6.42 Å². The van der Waals surface area contributed by atoms with E-state index in [0.717, 1.165) is 19.5 Å². The topological polar surface area (TPSA) is 26.7 Å². The molecule has 0 amide bonds. The van der Waals surface area contributed by atoms with Gasteiger partial charge in [0.2, 0.25) is 0 Å². The Morgan fingerprint density at radius 3 is 2.00 bits per heavy atom. The van der Waals surface area contributed by atoms with Crippen molar-refractivity contribution in [2.45, 2.75) is 12.5 Å². The minimum Gasteiger partial charge on any atom is -0.392 e. The molecule has 0 spiro atoms. The van der Waals surface area contributed by atoms with E-state index < -0.39 is 0 Å². The van der Waals surface area contributed by atoms with Gasteiger partial charge in [-0.05, 0) is 34.6 Å². The molecule has 0 aromatic heterocycles. The van der Waals surface area contributed by atoms with Crippen molar-refractivity contribution in [2.75, 3.05) is 41.3 Å². The van der Waals surface area contributed by atoms with Crippen LogP contribution in [0.4, 0.5) is 0 Å². The van der Waals surface area contributed by atoms with Gasteiger partial charge in [-0.1, -0.05) is 0 Å². The zero-order valence-electron chi connectivity index (χ0n) is 8.04. The average Bonchev–Trinajstić information content (AvgIpc) is 1.82. The average molecular weight is 160 g/mol. The van der Waals surface area contributed by atoms with Crippen LogP contribution in [0.3, 0.4) is 0 Å². The first-order chi connectivity index (χ1) is 5.02. The summed E-state index contributed by atoms with van der Waals surface area (Å²) < 4.78 is 0. The van der Waals surface area contributed by atoms with Crippen molar-refractivity contribution in [3.8, 4) is 0 Å². The Labute approximate surface area is 69.6 Å². The van der Waals surface area contributed by atoms with E-state index in [1.165, 1.54) is 0 Å². The number of hydrogen-bond donors (Lipinski definition) is 1. The summed E-state index contributed by atoms with van der Waals surface area (Å²) in [6.45, 7) is 1.71. The summed E-state index contributed by atoms with van der Waals surface area (Å²) in [5.74, 6) is 0. The quantitative estimate of drug-likeness (QED) is 0.606. The summed E-state index contributed by atoms with van der Waals surface area (Å²) in [5, 5.41) is 9.40. The van der Waals surface area contributed by atoms with Gasteiger partial charge in [0.25, 0.3) is 0 Å². The molecule has 3 nitrogen and oxygen atoms in total. The Balaban J connectivity index is 3.29. The molecule has 0 aromatic carbocycles. The van der Waals surface area contributed by atoms with Crippen molar-refractivity contribution in [2.24, 2.45) is 0 Å². The van der Waals surface area contributed by atoms with Crippen LogP contribution in [-0.2, 0) is 0 Å². The molecule has 1 unspecified atom stereocenters. The van der Waals surface area contributed by atoms with Gasteiger partial charge in [0.15, 0.2) is 0 Å². The standard InChI is InChI=1S/C8H20N2O/c1-9(2)6-5-8(11)7-10(3)4/h8,11H,5-7H2,1-4H3. The fourth-order valence-electron chi connectivity index (χ4n) is 0.920. The number of hydrogen-bond acceptors (Lipinski definition) is 3. The summed E-state index contributed by atoms with van der Waals surface area (Å²) in [4.78, 5) is 4.08. The van der Waals surface area contributed by atoms with Crippen LogP contribution >= 0.6 is 0 Å². The van der Waals surface area contributed by atoms with E-state index in [0.29, 0.717) is 0 Å². The molecule has 0 aliphatic heterocycles. The second kappa shape index (κ2) is 5.52. The molecule has 0 fully saturated rings. The van der Waals surface area contributed by atoms with Gasteiger partial charge in [-0.3, -0.25) is 0 Å². The third-order valence-electron chi connectivity index (χ3n) is 1.49. The van der Waals surface area contributed by atoms with Crippen molar-refractivity contribution in [1.82, 2.24) is 9.80 Å². The molecular weight excluding hydrogens is 140 g/mol. The Kier molecular flexibility index (Phi) is 5.46. The molecule has 3 heteroatoms. The van der Waals surface area contributed by atoms with Crippen LogP contribution in [0.5, 0.6) is 0 Å². The molecule has 0 rings (SSSR count). The first-order valence-corrected chi connectivity index (χ1v) is 4.00. The van der Waals surface area contributed by atoms with Crippen LogP contribution in [0.25, 0.3) is 0 Å². The molecule has 11 heavy (non-hydrogen) atoms. The van der Waals surface area contributed by atoms with Gasteiger partial charge in [0, 0.05) is 13.1 Å². The summed E-state index contributed by atoms with van der Waals surface area (Å²) in [7, 11) is 7.97. The van der Waals surface area contributed by atoms with Crippen LogP contribution in [0.15, 0.2) is 0 Å². The molecule has 68 valence electrons. The first-order valence-electron chi connectivity index (χ1n) is 4.00. The molecule has 0 aliphatic rings. The maximum atomic E-state index is 9.40. The van der Waals surface area contributed by atoms with Gasteiger partial charge in [-0.2, -0.15) is 0 Å². The van der Waals surface area contributed by atoms with Crippen molar-refractivity contribution in [3.63, 3.8) is 0 Å². The number of rotatable bonds is 5. The van der Waals surface area contributed by atoms with Crippen molar-refractivity contribution < 1.29 is 5.11 Å². The first kappa shape index (κ1) is 10.9. The number of aliphatic hydroxyl groups is 1. The van der Waals surface area contributed by atoms with Gasteiger partial charge in [-0.15, -0.1) is 0 Å². The van der Waals surface area contributed by atoms with Crippen molar-refractivity contribution in [1.29, 1.82) is 0 Å². The highest BCUT2D eigenvalue weighted by Gasteiger charge is 2.04. The Hall–Kier alpha value is -0.120. The number of aliphatic hydroxyl groups excluding tert-OH is 1. The molecule has 1 atom stereocenters. The number of likely N-dealkylation sites (N-methyl/N-ethyl adjacent to an activating group) is 1. The molecule has 0 bridgehead atoms. The second-order valence-corrected chi connectivity index (χ2v) is 3.51. The lowest BCUT2D eigenvalue weighted by molar-refractivity contribution is 0.119. The van der Waals surface area contributed by atoms with E-state index in [-0.39, 0.29) is 6.10 Å². The Morgan fingerprint density at radius 2 is 1.64 bits per heavy atom. The summed E-state index contributed by atoms with van der Waals surface area (Å²) in [6, 6.07) is 0. The zero-order chi connectivity index (χ0) is 8.85. The summed E-state index contributed by atoms with van der Waals surface area (Å²) >= 11 is 0. The van der Waals surface area contributed by atoms with Gasteiger partial charge < -0.3 is 14.9 Å². The van der Waals surface area contributed by atoms with E-state index in [9.17, 15) is 5.11 Å². The molecule has 0 radical (unpaired) electrons. The molecule has 1 N–H and O–H groups in total. The number of nitrogens with zero attached hydrogens (tertiary/aromatic N) is 2. The van der Waals surface area contributed by atoms with Gasteiger partial charge >= 0.3 is 0 Å². The monoisotopic (exact) mass is 160 g/mol. The summed E-state index contributed by atoms with van der Waals surface area (Å²) in [6.07, 6.45) is 0.665. The third-order valence-corrected chi connectivity index (χ3v) is 1.49. The van der Waals surface area contributed by atoms with Gasteiger partial charge in [-0.25, -0.2) is 0 Å². The largest absolute Gasteiger partial charge is 0.392 e. The second-order valence-electron chi connectivity index (χ2n) is 3.51. The fraction of sp³-hybridized carbons (Fsp3) is 1.00. The normalized spacial score (nSPS) is 14.5. The maximum Gasteiger partial charge on any atom is 0.0679 e. The third kappa shape index (κ3) is 7.78. The highest BCUT2D eigenvalue weighted by atomic mass is 16.3. The van der Waals surface area contributed by atoms with E-state index in [4.69, 9.17) is 0 Å². The summed E-state index contributed by atoms with van der Waals surface area (Å²) in [5.41, 5.74) is 0.